The maximum absolute atomic E-state index is 12.1. The first-order valence-electron chi connectivity index (χ1n) is 7.84. The number of halogens is 1. The van der Waals surface area contributed by atoms with Crippen molar-refractivity contribution in [1.29, 1.82) is 0 Å². The molecular formula is C18H16BrN3O3S. The summed E-state index contributed by atoms with van der Waals surface area (Å²) in [4.78, 5) is 25.5. The van der Waals surface area contributed by atoms with Gasteiger partial charge in [-0.2, -0.15) is 0 Å². The molecule has 0 aromatic heterocycles. The van der Waals surface area contributed by atoms with E-state index >= 15 is 0 Å². The second kappa shape index (κ2) is 8.86. The number of carbonyl (C=O) groups is 2. The van der Waals surface area contributed by atoms with E-state index in [2.05, 4.69) is 26.5 Å². The molecule has 1 aliphatic rings. The Hall–Kier alpha value is -2.32. The van der Waals surface area contributed by atoms with Gasteiger partial charge in [0.25, 0.3) is 5.91 Å². The Labute approximate surface area is 163 Å². The molecule has 1 heterocycles. The van der Waals surface area contributed by atoms with Gasteiger partial charge in [0, 0.05) is 4.47 Å². The van der Waals surface area contributed by atoms with Crippen LogP contribution in [0.4, 0.5) is 0 Å². The molecule has 0 radical (unpaired) electrons. The molecule has 0 aliphatic carbocycles. The van der Waals surface area contributed by atoms with Gasteiger partial charge < -0.3 is 4.74 Å². The quantitative estimate of drug-likeness (QED) is 0.710. The van der Waals surface area contributed by atoms with E-state index in [9.17, 15) is 9.59 Å². The maximum atomic E-state index is 12.1. The van der Waals surface area contributed by atoms with Gasteiger partial charge >= 0.3 is 0 Å². The fraction of sp³-hybridized carbons (Fsp3) is 0.167. The van der Waals surface area contributed by atoms with Gasteiger partial charge in [-0.3, -0.25) is 14.5 Å². The predicted molar refractivity (Wildman–Crippen MR) is 105 cm³/mol. The Balaban J connectivity index is 1.55. The van der Waals surface area contributed by atoms with Crippen LogP contribution in [0.15, 0.2) is 64.2 Å². The zero-order valence-electron chi connectivity index (χ0n) is 13.7. The summed E-state index contributed by atoms with van der Waals surface area (Å²) >= 11 is 4.64. The van der Waals surface area contributed by atoms with Crippen LogP contribution in [0.2, 0.25) is 0 Å². The van der Waals surface area contributed by atoms with Gasteiger partial charge in [-0.05, 0) is 29.8 Å². The first kappa shape index (κ1) is 18.5. The number of nitrogens with zero attached hydrogens (tertiary/aromatic N) is 2. The van der Waals surface area contributed by atoms with Crippen LogP contribution in [-0.4, -0.2) is 34.2 Å². The number of benzene rings is 2. The second-order valence-electron chi connectivity index (χ2n) is 5.43. The summed E-state index contributed by atoms with van der Waals surface area (Å²) < 4.78 is 6.32. The van der Waals surface area contributed by atoms with Crippen LogP contribution in [0, 0.1) is 0 Å². The Bertz CT molecular complexity index is 812. The van der Waals surface area contributed by atoms with Gasteiger partial charge in [-0.15, -0.1) is 5.10 Å². The number of rotatable bonds is 6. The Morgan fingerprint density at radius 3 is 2.65 bits per heavy atom. The van der Waals surface area contributed by atoms with E-state index in [4.69, 9.17) is 4.74 Å². The highest BCUT2D eigenvalue weighted by Crippen LogP contribution is 2.21. The summed E-state index contributed by atoms with van der Waals surface area (Å²) in [6.07, 6.45) is 0. The number of hydrazone groups is 1. The van der Waals surface area contributed by atoms with E-state index in [0.717, 1.165) is 10.0 Å². The minimum absolute atomic E-state index is 0.0297. The SMILES string of the molecule is O=C(COc1ccc(Br)cc1)N/N=C1\SCC(=O)N1Cc1ccccc1. The molecule has 3 rings (SSSR count). The van der Waals surface area contributed by atoms with Gasteiger partial charge in [-0.25, -0.2) is 5.43 Å². The van der Waals surface area contributed by atoms with E-state index in [0.29, 0.717) is 23.2 Å². The molecule has 26 heavy (non-hydrogen) atoms. The summed E-state index contributed by atoms with van der Waals surface area (Å²) in [5.41, 5.74) is 3.44. The summed E-state index contributed by atoms with van der Waals surface area (Å²) in [5, 5.41) is 4.56. The Morgan fingerprint density at radius 2 is 1.92 bits per heavy atom. The van der Waals surface area contributed by atoms with Gasteiger partial charge in [0.15, 0.2) is 11.8 Å². The van der Waals surface area contributed by atoms with E-state index in [-0.39, 0.29) is 18.4 Å². The van der Waals surface area contributed by atoms with Crippen molar-refractivity contribution in [2.45, 2.75) is 6.54 Å². The molecule has 1 saturated heterocycles. The van der Waals surface area contributed by atoms with E-state index in [1.54, 1.807) is 17.0 Å². The monoisotopic (exact) mass is 433 g/mol. The molecule has 1 fully saturated rings. The largest absolute Gasteiger partial charge is 0.484 e. The Kier molecular flexibility index (Phi) is 6.30. The highest BCUT2D eigenvalue weighted by atomic mass is 79.9. The summed E-state index contributed by atoms with van der Waals surface area (Å²) in [7, 11) is 0. The normalized spacial score (nSPS) is 15.3. The molecule has 2 aromatic carbocycles. The van der Waals surface area contributed by atoms with Crippen LogP contribution in [0.5, 0.6) is 5.75 Å². The molecule has 2 amide bonds. The second-order valence-corrected chi connectivity index (χ2v) is 7.28. The van der Waals surface area contributed by atoms with Crippen molar-refractivity contribution in [3.63, 3.8) is 0 Å². The third-order valence-corrected chi connectivity index (χ3v) is 4.99. The number of ether oxygens (including phenoxy) is 1. The number of amides is 2. The molecule has 1 N–H and O–H groups in total. The fourth-order valence-electron chi connectivity index (χ4n) is 2.23. The lowest BCUT2D eigenvalue weighted by Gasteiger charge is -2.15. The van der Waals surface area contributed by atoms with Crippen LogP contribution in [-0.2, 0) is 16.1 Å². The minimum atomic E-state index is -0.389. The number of hydrogen-bond acceptors (Lipinski definition) is 5. The van der Waals surface area contributed by atoms with Crippen molar-refractivity contribution in [2.75, 3.05) is 12.4 Å². The van der Waals surface area contributed by atoms with Crippen LogP contribution in [0.25, 0.3) is 0 Å². The van der Waals surface area contributed by atoms with E-state index in [1.165, 1.54) is 11.8 Å². The van der Waals surface area contributed by atoms with Crippen molar-refractivity contribution in [3.05, 3.63) is 64.6 Å². The molecule has 0 atom stereocenters. The van der Waals surface area contributed by atoms with Crippen LogP contribution in [0.3, 0.4) is 0 Å². The molecule has 0 spiro atoms. The average molecular weight is 434 g/mol. The standard InChI is InChI=1S/C18H16BrN3O3S/c19-14-6-8-15(9-7-14)25-11-16(23)20-21-18-22(17(24)12-26-18)10-13-4-2-1-3-5-13/h1-9H,10-12H2,(H,20,23)/b21-18-. The lowest BCUT2D eigenvalue weighted by Crippen LogP contribution is -2.32. The topological polar surface area (TPSA) is 71.0 Å². The van der Waals surface area contributed by atoms with Gasteiger partial charge in [0.2, 0.25) is 5.91 Å². The average Bonchev–Trinajstić information content (AvgIpc) is 3.00. The zero-order valence-corrected chi connectivity index (χ0v) is 16.1. The molecular weight excluding hydrogens is 418 g/mol. The zero-order chi connectivity index (χ0) is 18.4. The third kappa shape index (κ3) is 5.09. The molecule has 0 saturated carbocycles. The van der Waals surface area contributed by atoms with Gasteiger partial charge in [-0.1, -0.05) is 58.0 Å². The lowest BCUT2D eigenvalue weighted by molar-refractivity contribution is -0.125. The summed E-state index contributed by atoms with van der Waals surface area (Å²) in [5.74, 6) is 0.488. The highest BCUT2D eigenvalue weighted by Gasteiger charge is 2.28. The van der Waals surface area contributed by atoms with Gasteiger partial charge in [0.05, 0.1) is 12.3 Å². The molecule has 0 unspecified atom stereocenters. The maximum Gasteiger partial charge on any atom is 0.278 e. The number of hydrogen-bond donors (Lipinski definition) is 1. The number of amidine groups is 1. The summed E-state index contributed by atoms with van der Waals surface area (Å²) in [6, 6.07) is 16.8. The van der Waals surface area contributed by atoms with Crippen molar-refractivity contribution in [3.8, 4) is 5.75 Å². The third-order valence-electron chi connectivity index (χ3n) is 3.50. The smallest absolute Gasteiger partial charge is 0.278 e. The van der Waals surface area contributed by atoms with E-state index in [1.807, 2.05) is 42.5 Å². The van der Waals surface area contributed by atoms with Crippen molar-refractivity contribution < 1.29 is 14.3 Å². The van der Waals surface area contributed by atoms with Crippen LogP contribution in [0.1, 0.15) is 5.56 Å². The molecule has 2 aromatic rings. The fourth-order valence-corrected chi connectivity index (χ4v) is 3.33. The molecule has 6 nitrogen and oxygen atoms in total. The van der Waals surface area contributed by atoms with Gasteiger partial charge in [0.1, 0.15) is 5.75 Å². The number of thioether (sulfide) groups is 1. The van der Waals surface area contributed by atoms with Crippen LogP contribution >= 0.6 is 27.7 Å². The van der Waals surface area contributed by atoms with Crippen molar-refractivity contribution in [1.82, 2.24) is 10.3 Å². The first-order chi connectivity index (χ1) is 12.6. The van der Waals surface area contributed by atoms with E-state index < -0.39 is 0 Å². The Morgan fingerprint density at radius 1 is 1.19 bits per heavy atom. The van der Waals surface area contributed by atoms with Crippen LogP contribution < -0.4 is 10.2 Å². The predicted octanol–water partition coefficient (Wildman–Crippen LogP) is 2.99. The van der Waals surface area contributed by atoms with Crippen molar-refractivity contribution in [2.24, 2.45) is 5.10 Å². The lowest BCUT2D eigenvalue weighted by atomic mass is 10.2. The first-order valence-corrected chi connectivity index (χ1v) is 9.61. The molecule has 0 bridgehead atoms. The molecule has 1 aliphatic heterocycles. The number of carbonyl (C=O) groups excluding carboxylic acids is 2. The van der Waals surface area contributed by atoms with Crippen molar-refractivity contribution >= 4 is 44.7 Å². The number of nitrogens with one attached hydrogen (secondary N) is 1. The minimum Gasteiger partial charge on any atom is -0.484 e. The molecule has 8 heteroatoms. The molecule has 134 valence electrons. The summed E-state index contributed by atoms with van der Waals surface area (Å²) in [6.45, 7) is 0.270. The highest BCUT2D eigenvalue weighted by molar-refractivity contribution is 9.10.